The number of aromatic nitrogens is 3. The van der Waals surface area contributed by atoms with Crippen molar-refractivity contribution < 1.29 is 0 Å². The molecule has 3 nitrogen and oxygen atoms in total. The summed E-state index contributed by atoms with van der Waals surface area (Å²) >= 11 is 0. The van der Waals surface area contributed by atoms with Crippen molar-refractivity contribution >= 4 is 0 Å². The van der Waals surface area contributed by atoms with E-state index in [1.807, 2.05) is 13.2 Å². The lowest BCUT2D eigenvalue weighted by atomic mass is 10.1. The van der Waals surface area contributed by atoms with Crippen LogP contribution in [0.25, 0.3) is 0 Å². The molecule has 0 saturated carbocycles. The van der Waals surface area contributed by atoms with Crippen LogP contribution in [0.4, 0.5) is 0 Å². The van der Waals surface area contributed by atoms with Gasteiger partial charge in [0.25, 0.3) is 0 Å². The fourth-order valence-electron chi connectivity index (χ4n) is 0.946. The van der Waals surface area contributed by atoms with E-state index < -0.39 is 0 Å². The van der Waals surface area contributed by atoms with Crippen molar-refractivity contribution in [2.45, 2.75) is 26.7 Å². The van der Waals surface area contributed by atoms with Gasteiger partial charge < -0.3 is 0 Å². The topological polar surface area (TPSA) is 30.7 Å². The maximum atomic E-state index is 4.00. The molecule has 1 rings (SSSR count). The Hall–Kier alpha value is -0.860. The molecule has 1 aromatic rings. The molecule has 0 aromatic carbocycles. The summed E-state index contributed by atoms with van der Waals surface area (Å²) in [5.41, 5.74) is 1.10. The molecule has 0 saturated heterocycles. The molecule has 1 aromatic heterocycles. The summed E-state index contributed by atoms with van der Waals surface area (Å²) in [5, 5.41) is 7.86. The zero-order chi connectivity index (χ0) is 8.27. The fourth-order valence-corrected chi connectivity index (χ4v) is 0.946. The van der Waals surface area contributed by atoms with Crippen LogP contribution in [0.5, 0.6) is 0 Å². The zero-order valence-corrected chi connectivity index (χ0v) is 7.41. The predicted molar refractivity (Wildman–Crippen MR) is 44.2 cm³/mol. The number of hydrogen-bond donors (Lipinski definition) is 0. The highest BCUT2D eigenvalue weighted by Gasteiger charge is 1.99. The van der Waals surface area contributed by atoms with Gasteiger partial charge in [-0.3, -0.25) is 4.68 Å². The van der Waals surface area contributed by atoms with E-state index in [9.17, 15) is 0 Å². The minimum Gasteiger partial charge on any atom is -0.255 e. The average molecular weight is 153 g/mol. The van der Waals surface area contributed by atoms with Crippen molar-refractivity contribution in [3.63, 3.8) is 0 Å². The zero-order valence-electron chi connectivity index (χ0n) is 7.41. The van der Waals surface area contributed by atoms with Crippen LogP contribution in [0.2, 0.25) is 0 Å². The first-order valence-corrected chi connectivity index (χ1v) is 4.03. The summed E-state index contributed by atoms with van der Waals surface area (Å²) in [4.78, 5) is 0. The van der Waals surface area contributed by atoms with Crippen molar-refractivity contribution in [3.05, 3.63) is 11.9 Å². The highest BCUT2D eigenvalue weighted by molar-refractivity contribution is 4.91. The van der Waals surface area contributed by atoms with E-state index >= 15 is 0 Å². The van der Waals surface area contributed by atoms with Crippen LogP contribution in [0, 0.1) is 5.92 Å². The van der Waals surface area contributed by atoms with Gasteiger partial charge in [0.05, 0.1) is 5.69 Å². The molecule has 0 N–H and O–H groups in total. The summed E-state index contributed by atoms with van der Waals surface area (Å²) in [6.45, 7) is 4.44. The second-order valence-electron chi connectivity index (χ2n) is 3.32. The summed E-state index contributed by atoms with van der Waals surface area (Å²) in [5.74, 6) is 0.747. The standard InChI is InChI=1S/C8H15N3/c1-7(2)4-5-8-6-11(3)10-9-8/h6-7H,4-5H2,1-3H3. The van der Waals surface area contributed by atoms with Gasteiger partial charge in [0.1, 0.15) is 0 Å². The average Bonchev–Trinajstić information content (AvgIpc) is 2.31. The van der Waals surface area contributed by atoms with Crippen LogP contribution in [0.15, 0.2) is 6.20 Å². The number of rotatable bonds is 3. The molecule has 62 valence electrons. The fraction of sp³-hybridized carbons (Fsp3) is 0.750. The normalized spacial score (nSPS) is 10.9. The van der Waals surface area contributed by atoms with E-state index in [1.165, 1.54) is 6.42 Å². The second-order valence-corrected chi connectivity index (χ2v) is 3.32. The van der Waals surface area contributed by atoms with E-state index in [2.05, 4.69) is 24.2 Å². The quantitative estimate of drug-likeness (QED) is 0.657. The first-order valence-electron chi connectivity index (χ1n) is 4.03. The van der Waals surface area contributed by atoms with Gasteiger partial charge in [0.2, 0.25) is 0 Å². The summed E-state index contributed by atoms with van der Waals surface area (Å²) in [6.07, 6.45) is 4.21. The highest BCUT2D eigenvalue weighted by atomic mass is 15.4. The van der Waals surface area contributed by atoms with Gasteiger partial charge in [0.15, 0.2) is 0 Å². The maximum Gasteiger partial charge on any atom is 0.0827 e. The molecule has 0 aliphatic rings. The monoisotopic (exact) mass is 153 g/mol. The lowest BCUT2D eigenvalue weighted by Gasteiger charge is -1.99. The third-order valence-electron chi connectivity index (χ3n) is 1.63. The number of nitrogens with zero attached hydrogens (tertiary/aromatic N) is 3. The van der Waals surface area contributed by atoms with E-state index in [1.54, 1.807) is 4.68 Å². The molecule has 0 fully saturated rings. The largest absolute Gasteiger partial charge is 0.255 e. The molecule has 3 heteroatoms. The Morgan fingerprint density at radius 1 is 1.55 bits per heavy atom. The molecule has 0 bridgehead atoms. The van der Waals surface area contributed by atoms with Gasteiger partial charge in [-0.1, -0.05) is 19.1 Å². The summed E-state index contributed by atoms with van der Waals surface area (Å²) in [7, 11) is 1.89. The van der Waals surface area contributed by atoms with Gasteiger partial charge >= 0.3 is 0 Å². The van der Waals surface area contributed by atoms with Crippen molar-refractivity contribution in [2.75, 3.05) is 0 Å². The van der Waals surface area contributed by atoms with Crippen molar-refractivity contribution in [3.8, 4) is 0 Å². The summed E-state index contributed by atoms with van der Waals surface area (Å²) < 4.78 is 1.75. The Kier molecular flexibility index (Phi) is 2.63. The Bertz CT molecular complexity index is 215. The van der Waals surface area contributed by atoms with Crippen molar-refractivity contribution in [1.29, 1.82) is 0 Å². The van der Waals surface area contributed by atoms with Crippen LogP contribution in [-0.2, 0) is 13.5 Å². The van der Waals surface area contributed by atoms with Crippen molar-refractivity contribution in [1.82, 2.24) is 15.0 Å². The van der Waals surface area contributed by atoms with Crippen LogP contribution >= 0.6 is 0 Å². The maximum absolute atomic E-state index is 4.00. The molecule has 0 amide bonds. The van der Waals surface area contributed by atoms with E-state index in [0.29, 0.717) is 0 Å². The lowest BCUT2D eigenvalue weighted by molar-refractivity contribution is 0.581. The Balaban J connectivity index is 2.39. The van der Waals surface area contributed by atoms with Gasteiger partial charge in [0, 0.05) is 13.2 Å². The first kappa shape index (κ1) is 8.24. The second kappa shape index (κ2) is 3.51. The highest BCUT2D eigenvalue weighted by Crippen LogP contribution is 2.04. The molecule has 11 heavy (non-hydrogen) atoms. The van der Waals surface area contributed by atoms with E-state index in [0.717, 1.165) is 18.0 Å². The minimum absolute atomic E-state index is 0.747. The molecule has 0 unspecified atom stereocenters. The number of hydrogen-bond acceptors (Lipinski definition) is 2. The predicted octanol–water partition coefficient (Wildman–Crippen LogP) is 1.40. The molecule has 0 atom stereocenters. The molecular formula is C8H15N3. The van der Waals surface area contributed by atoms with Crippen LogP contribution < -0.4 is 0 Å². The van der Waals surface area contributed by atoms with Gasteiger partial charge in [-0.15, -0.1) is 5.10 Å². The van der Waals surface area contributed by atoms with Gasteiger partial charge in [-0.2, -0.15) is 0 Å². The van der Waals surface area contributed by atoms with E-state index in [4.69, 9.17) is 0 Å². The molecule has 1 heterocycles. The van der Waals surface area contributed by atoms with Crippen LogP contribution in [-0.4, -0.2) is 15.0 Å². The third-order valence-corrected chi connectivity index (χ3v) is 1.63. The lowest BCUT2D eigenvalue weighted by Crippen LogP contribution is -1.91. The SMILES string of the molecule is CC(C)CCc1cn(C)nn1. The molecule has 0 spiro atoms. The van der Waals surface area contributed by atoms with Gasteiger partial charge in [-0.25, -0.2) is 0 Å². The van der Waals surface area contributed by atoms with Crippen molar-refractivity contribution in [2.24, 2.45) is 13.0 Å². The number of aryl methyl sites for hydroxylation is 2. The Morgan fingerprint density at radius 3 is 2.73 bits per heavy atom. The summed E-state index contributed by atoms with van der Waals surface area (Å²) in [6, 6.07) is 0. The third kappa shape index (κ3) is 2.70. The molecular weight excluding hydrogens is 138 g/mol. The van der Waals surface area contributed by atoms with Crippen LogP contribution in [0.1, 0.15) is 26.0 Å². The molecule has 0 radical (unpaired) electrons. The minimum atomic E-state index is 0.747. The Morgan fingerprint density at radius 2 is 2.27 bits per heavy atom. The molecule has 0 aliphatic heterocycles. The first-order chi connectivity index (χ1) is 5.18. The van der Waals surface area contributed by atoms with Crippen LogP contribution in [0.3, 0.4) is 0 Å². The smallest absolute Gasteiger partial charge is 0.0827 e. The Labute approximate surface area is 67.4 Å². The van der Waals surface area contributed by atoms with Gasteiger partial charge in [-0.05, 0) is 18.8 Å². The molecule has 0 aliphatic carbocycles. The van der Waals surface area contributed by atoms with E-state index in [-0.39, 0.29) is 0 Å².